The predicted octanol–water partition coefficient (Wildman–Crippen LogP) is 2.28. The Morgan fingerprint density at radius 3 is 2.56 bits per heavy atom. The highest BCUT2D eigenvalue weighted by atomic mass is 15.2. The van der Waals surface area contributed by atoms with Crippen molar-refractivity contribution in [1.82, 2.24) is 4.98 Å². The second kappa shape index (κ2) is 6.08. The van der Waals surface area contributed by atoms with E-state index in [2.05, 4.69) is 23.0 Å². The van der Waals surface area contributed by atoms with Crippen LogP contribution in [-0.2, 0) is 0 Å². The molecule has 0 aliphatic carbocycles. The fraction of sp³-hybridized carbons (Fsp3) is 0.308. The van der Waals surface area contributed by atoms with Crippen LogP contribution in [0.1, 0.15) is 18.5 Å². The Balaban J connectivity index is 3.06. The van der Waals surface area contributed by atoms with Crippen LogP contribution in [0.15, 0.2) is 43.6 Å². The third-order valence-corrected chi connectivity index (χ3v) is 2.31. The summed E-state index contributed by atoms with van der Waals surface area (Å²) in [6, 6.07) is 3.88. The van der Waals surface area contributed by atoms with Gasteiger partial charge in [-0.2, -0.15) is 0 Å². The normalized spacial score (nSPS) is 11.9. The zero-order valence-electron chi connectivity index (χ0n) is 9.76. The molecular formula is C13H19N3. The van der Waals surface area contributed by atoms with Gasteiger partial charge in [-0.3, -0.25) is 0 Å². The average Bonchev–Trinajstić information content (AvgIpc) is 2.29. The Bertz CT molecular complexity index is 348. The van der Waals surface area contributed by atoms with Gasteiger partial charge in [0.2, 0.25) is 0 Å². The number of rotatable bonds is 6. The lowest BCUT2D eigenvalue weighted by molar-refractivity contribution is 0.792. The summed E-state index contributed by atoms with van der Waals surface area (Å²) in [6.07, 6.45) is 5.48. The molecule has 1 aromatic heterocycles. The van der Waals surface area contributed by atoms with E-state index < -0.39 is 0 Å². The maximum absolute atomic E-state index is 5.93. The fourth-order valence-electron chi connectivity index (χ4n) is 1.59. The largest absolute Gasteiger partial charge is 0.349 e. The van der Waals surface area contributed by atoms with Crippen molar-refractivity contribution in [2.45, 2.75) is 13.0 Å². The van der Waals surface area contributed by atoms with E-state index in [9.17, 15) is 0 Å². The molecule has 16 heavy (non-hydrogen) atoms. The number of nitrogens with two attached hydrogens (primary N) is 1. The zero-order chi connectivity index (χ0) is 12.0. The highest BCUT2D eigenvalue weighted by Gasteiger charge is 2.12. The van der Waals surface area contributed by atoms with Crippen molar-refractivity contribution in [3.63, 3.8) is 0 Å². The van der Waals surface area contributed by atoms with Gasteiger partial charge in [-0.1, -0.05) is 18.2 Å². The van der Waals surface area contributed by atoms with E-state index in [0.29, 0.717) is 0 Å². The third-order valence-electron chi connectivity index (χ3n) is 2.31. The number of pyridine rings is 1. The zero-order valence-corrected chi connectivity index (χ0v) is 9.76. The molecule has 0 aliphatic heterocycles. The minimum Gasteiger partial charge on any atom is -0.349 e. The van der Waals surface area contributed by atoms with Crippen LogP contribution in [0.4, 0.5) is 5.82 Å². The highest BCUT2D eigenvalue weighted by molar-refractivity contribution is 5.49. The van der Waals surface area contributed by atoms with Crippen molar-refractivity contribution >= 4 is 5.82 Å². The Morgan fingerprint density at radius 2 is 2.06 bits per heavy atom. The van der Waals surface area contributed by atoms with Crippen LogP contribution in [0, 0.1) is 0 Å². The Hall–Kier alpha value is -1.61. The summed E-state index contributed by atoms with van der Waals surface area (Å²) in [7, 11) is 0. The lowest BCUT2D eigenvalue weighted by Gasteiger charge is -2.24. The van der Waals surface area contributed by atoms with E-state index in [1.807, 2.05) is 31.2 Å². The second-order valence-corrected chi connectivity index (χ2v) is 3.69. The molecule has 0 radical (unpaired) electrons. The number of aromatic nitrogens is 1. The molecular weight excluding hydrogens is 198 g/mol. The molecule has 0 spiro atoms. The minimum atomic E-state index is -0.0270. The van der Waals surface area contributed by atoms with Crippen molar-refractivity contribution in [3.05, 3.63) is 49.2 Å². The number of hydrogen-bond acceptors (Lipinski definition) is 3. The highest BCUT2D eigenvalue weighted by Crippen LogP contribution is 2.22. The predicted molar refractivity (Wildman–Crippen MR) is 69.4 cm³/mol. The van der Waals surface area contributed by atoms with Gasteiger partial charge < -0.3 is 10.6 Å². The first-order valence-corrected chi connectivity index (χ1v) is 5.38. The minimum absolute atomic E-state index is 0.0270. The molecule has 0 fully saturated rings. The van der Waals surface area contributed by atoms with Crippen LogP contribution in [0.2, 0.25) is 0 Å². The molecule has 0 aliphatic rings. The van der Waals surface area contributed by atoms with E-state index in [1.54, 1.807) is 6.20 Å². The SMILES string of the molecule is C=CCN(CC=C)c1ncccc1[C@H](C)N. The summed E-state index contributed by atoms with van der Waals surface area (Å²) in [4.78, 5) is 6.48. The van der Waals surface area contributed by atoms with Crippen LogP contribution in [0.3, 0.4) is 0 Å². The van der Waals surface area contributed by atoms with Crippen molar-refractivity contribution < 1.29 is 0 Å². The molecule has 1 aromatic rings. The molecule has 3 heteroatoms. The van der Waals surface area contributed by atoms with Gasteiger partial charge in [0, 0.05) is 30.9 Å². The van der Waals surface area contributed by atoms with E-state index in [0.717, 1.165) is 24.5 Å². The standard InChI is InChI=1S/C13H19N3/c1-4-9-16(10-5-2)13-12(11(3)14)7-6-8-15-13/h4-8,11H,1-2,9-10,14H2,3H3/t11-/m0/s1. The Morgan fingerprint density at radius 1 is 1.44 bits per heavy atom. The molecule has 86 valence electrons. The van der Waals surface area contributed by atoms with Crippen molar-refractivity contribution in [1.29, 1.82) is 0 Å². The molecule has 2 N–H and O–H groups in total. The molecule has 1 rings (SSSR count). The first-order chi connectivity index (χ1) is 7.70. The lowest BCUT2D eigenvalue weighted by atomic mass is 10.1. The van der Waals surface area contributed by atoms with Crippen LogP contribution in [0.25, 0.3) is 0 Å². The van der Waals surface area contributed by atoms with Crippen LogP contribution >= 0.6 is 0 Å². The van der Waals surface area contributed by atoms with Crippen LogP contribution < -0.4 is 10.6 Å². The fourth-order valence-corrected chi connectivity index (χ4v) is 1.59. The number of nitrogens with zero attached hydrogens (tertiary/aromatic N) is 2. The summed E-state index contributed by atoms with van der Waals surface area (Å²) < 4.78 is 0. The smallest absolute Gasteiger partial charge is 0.133 e. The van der Waals surface area contributed by atoms with Crippen molar-refractivity contribution in [2.24, 2.45) is 5.73 Å². The maximum Gasteiger partial charge on any atom is 0.133 e. The molecule has 0 bridgehead atoms. The number of anilines is 1. The van der Waals surface area contributed by atoms with Gasteiger partial charge in [0.1, 0.15) is 5.82 Å². The maximum atomic E-state index is 5.93. The molecule has 0 unspecified atom stereocenters. The average molecular weight is 217 g/mol. The quantitative estimate of drug-likeness (QED) is 0.743. The first-order valence-electron chi connectivity index (χ1n) is 5.38. The molecule has 0 saturated heterocycles. The first kappa shape index (κ1) is 12.5. The van der Waals surface area contributed by atoms with Crippen LogP contribution in [0.5, 0.6) is 0 Å². The second-order valence-electron chi connectivity index (χ2n) is 3.69. The van der Waals surface area contributed by atoms with Crippen molar-refractivity contribution in [3.8, 4) is 0 Å². The molecule has 0 saturated carbocycles. The lowest BCUT2D eigenvalue weighted by Crippen LogP contribution is -2.26. The summed E-state index contributed by atoms with van der Waals surface area (Å²) in [5, 5.41) is 0. The number of hydrogen-bond donors (Lipinski definition) is 1. The monoisotopic (exact) mass is 217 g/mol. The molecule has 0 aromatic carbocycles. The van der Waals surface area contributed by atoms with E-state index >= 15 is 0 Å². The van der Waals surface area contributed by atoms with E-state index in [-0.39, 0.29) is 6.04 Å². The molecule has 3 nitrogen and oxygen atoms in total. The van der Waals surface area contributed by atoms with Gasteiger partial charge in [-0.25, -0.2) is 4.98 Å². The van der Waals surface area contributed by atoms with Crippen LogP contribution in [-0.4, -0.2) is 18.1 Å². The molecule has 1 heterocycles. The van der Waals surface area contributed by atoms with Gasteiger partial charge in [-0.15, -0.1) is 13.2 Å². The van der Waals surface area contributed by atoms with Gasteiger partial charge in [0.25, 0.3) is 0 Å². The Labute approximate surface area is 97.3 Å². The summed E-state index contributed by atoms with van der Waals surface area (Å²) in [5.41, 5.74) is 6.97. The van der Waals surface area contributed by atoms with E-state index in [1.165, 1.54) is 0 Å². The third kappa shape index (κ3) is 2.94. The van der Waals surface area contributed by atoms with Gasteiger partial charge in [-0.05, 0) is 13.0 Å². The van der Waals surface area contributed by atoms with Crippen molar-refractivity contribution in [2.75, 3.05) is 18.0 Å². The molecule has 1 atom stereocenters. The molecule has 0 amide bonds. The summed E-state index contributed by atoms with van der Waals surface area (Å²) in [6.45, 7) is 10.9. The summed E-state index contributed by atoms with van der Waals surface area (Å²) >= 11 is 0. The van der Waals surface area contributed by atoms with Gasteiger partial charge in [0.15, 0.2) is 0 Å². The topological polar surface area (TPSA) is 42.2 Å². The summed E-state index contributed by atoms with van der Waals surface area (Å²) in [5.74, 6) is 0.914. The Kier molecular flexibility index (Phi) is 4.73. The van der Waals surface area contributed by atoms with Gasteiger partial charge in [0.05, 0.1) is 0 Å². The van der Waals surface area contributed by atoms with E-state index in [4.69, 9.17) is 5.73 Å². The van der Waals surface area contributed by atoms with Gasteiger partial charge >= 0.3 is 0 Å².